The largest absolute Gasteiger partial charge is 0.335 e. The first-order valence-electron chi connectivity index (χ1n) is 8.62. The molecule has 0 radical (unpaired) electrons. The number of hydrogen-bond acceptors (Lipinski definition) is 3. The maximum Gasteiger partial charge on any atom is 0.254 e. The number of nitrogens with zero attached hydrogens (tertiary/aromatic N) is 1. The van der Waals surface area contributed by atoms with Crippen LogP contribution in [0.2, 0.25) is 5.02 Å². The summed E-state index contributed by atoms with van der Waals surface area (Å²) in [7, 11) is 0. The summed E-state index contributed by atoms with van der Waals surface area (Å²) in [4.78, 5) is 29.5. The minimum absolute atomic E-state index is 0.0429. The van der Waals surface area contributed by atoms with Crippen molar-refractivity contribution in [3.8, 4) is 0 Å². The van der Waals surface area contributed by atoms with E-state index in [2.05, 4.69) is 10.3 Å². The van der Waals surface area contributed by atoms with E-state index in [0.29, 0.717) is 36.1 Å². The maximum absolute atomic E-state index is 12.9. The number of halogens is 1. The van der Waals surface area contributed by atoms with Crippen molar-refractivity contribution in [2.75, 3.05) is 19.6 Å². The van der Waals surface area contributed by atoms with Gasteiger partial charge in [0.1, 0.15) is 0 Å². The van der Waals surface area contributed by atoms with E-state index in [9.17, 15) is 9.59 Å². The Labute approximate surface area is 151 Å². The third kappa shape index (κ3) is 3.62. The fourth-order valence-electron chi connectivity index (χ4n) is 3.37. The third-order valence-electron chi connectivity index (χ3n) is 4.84. The summed E-state index contributed by atoms with van der Waals surface area (Å²) < 4.78 is 0. The van der Waals surface area contributed by atoms with Gasteiger partial charge in [0.2, 0.25) is 5.56 Å². The number of amides is 1. The summed E-state index contributed by atoms with van der Waals surface area (Å²) in [5, 5.41) is 4.12. The topological polar surface area (TPSA) is 65.2 Å². The van der Waals surface area contributed by atoms with E-state index >= 15 is 0 Å². The predicted octanol–water partition coefficient (Wildman–Crippen LogP) is 2.69. The van der Waals surface area contributed by atoms with Crippen molar-refractivity contribution in [1.29, 1.82) is 0 Å². The summed E-state index contributed by atoms with van der Waals surface area (Å²) in [6, 6.07) is 11.0. The third-order valence-corrected chi connectivity index (χ3v) is 5.08. The molecule has 1 aliphatic heterocycles. The molecule has 0 bridgehead atoms. The van der Waals surface area contributed by atoms with Gasteiger partial charge in [-0.05, 0) is 42.5 Å². The molecule has 4 rings (SSSR count). The molecule has 1 aromatic carbocycles. The molecule has 1 atom stereocenters. The summed E-state index contributed by atoms with van der Waals surface area (Å²) in [5.74, 6) is 0.323. The van der Waals surface area contributed by atoms with E-state index in [1.165, 1.54) is 6.07 Å². The minimum atomic E-state index is -0.200. The van der Waals surface area contributed by atoms with Crippen LogP contribution in [0, 0.1) is 0 Å². The molecule has 2 heterocycles. The predicted molar refractivity (Wildman–Crippen MR) is 97.1 cm³/mol. The molecule has 5 nitrogen and oxygen atoms in total. The smallest absolute Gasteiger partial charge is 0.254 e. The fraction of sp³-hybridized carbons (Fsp3) is 0.368. The lowest BCUT2D eigenvalue weighted by atomic mass is 10.0. The van der Waals surface area contributed by atoms with E-state index in [1.807, 2.05) is 35.2 Å². The number of carbonyl (C=O) groups is 1. The lowest BCUT2D eigenvalue weighted by Gasteiger charge is -2.34. The second-order valence-electron chi connectivity index (χ2n) is 6.78. The second-order valence-corrected chi connectivity index (χ2v) is 7.21. The highest BCUT2D eigenvalue weighted by Crippen LogP contribution is 2.38. The quantitative estimate of drug-likeness (QED) is 0.887. The first kappa shape index (κ1) is 16.4. The molecule has 2 aromatic rings. The Kier molecular flexibility index (Phi) is 4.36. The number of benzene rings is 1. The summed E-state index contributed by atoms with van der Waals surface area (Å²) in [5.41, 5.74) is 2.23. The van der Waals surface area contributed by atoms with Gasteiger partial charge >= 0.3 is 0 Å². The molecule has 2 N–H and O–H groups in total. The van der Waals surface area contributed by atoms with E-state index in [0.717, 1.165) is 24.1 Å². The van der Waals surface area contributed by atoms with Crippen LogP contribution in [0.3, 0.4) is 0 Å². The van der Waals surface area contributed by atoms with Gasteiger partial charge in [-0.25, -0.2) is 0 Å². The van der Waals surface area contributed by atoms with Crippen LogP contribution < -0.4 is 10.9 Å². The van der Waals surface area contributed by atoms with Crippen molar-refractivity contribution >= 4 is 17.5 Å². The zero-order valence-corrected chi connectivity index (χ0v) is 14.6. The number of H-pyrrole nitrogens is 1. The average Bonchev–Trinajstić information content (AvgIpc) is 3.46. The molecule has 1 aliphatic carbocycles. The number of rotatable bonds is 3. The van der Waals surface area contributed by atoms with Crippen LogP contribution in [-0.4, -0.2) is 35.4 Å². The molecule has 1 aromatic heterocycles. The number of piperazine rings is 1. The highest BCUT2D eigenvalue weighted by Gasteiger charge is 2.28. The Balaban J connectivity index is 1.55. The van der Waals surface area contributed by atoms with Crippen LogP contribution in [0.15, 0.2) is 41.2 Å². The van der Waals surface area contributed by atoms with Crippen molar-refractivity contribution in [2.45, 2.75) is 24.8 Å². The number of nitrogens with one attached hydrogen (secondary N) is 2. The molecule has 0 spiro atoms. The van der Waals surface area contributed by atoms with Gasteiger partial charge < -0.3 is 15.2 Å². The van der Waals surface area contributed by atoms with Crippen molar-refractivity contribution < 1.29 is 4.79 Å². The molecule has 1 amide bonds. The zero-order valence-electron chi connectivity index (χ0n) is 13.8. The Morgan fingerprint density at radius 1 is 1.20 bits per heavy atom. The first-order valence-corrected chi connectivity index (χ1v) is 9.00. The summed E-state index contributed by atoms with van der Waals surface area (Å²) >= 11 is 6.08. The number of hydrogen-bond donors (Lipinski definition) is 2. The second kappa shape index (κ2) is 6.65. The summed E-state index contributed by atoms with van der Waals surface area (Å²) in [6.45, 7) is 1.90. The van der Waals surface area contributed by atoms with E-state index in [4.69, 9.17) is 11.6 Å². The van der Waals surface area contributed by atoms with Gasteiger partial charge in [0.05, 0.1) is 6.04 Å². The van der Waals surface area contributed by atoms with Gasteiger partial charge in [-0.2, -0.15) is 0 Å². The molecule has 2 aliphatic rings. The summed E-state index contributed by atoms with van der Waals surface area (Å²) in [6.07, 6.45) is 2.16. The van der Waals surface area contributed by atoms with E-state index < -0.39 is 0 Å². The van der Waals surface area contributed by atoms with Crippen molar-refractivity contribution in [3.05, 3.63) is 68.6 Å². The highest BCUT2D eigenvalue weighted by molar-refractivity contribution is 6.30. The van der Waals surface area contributed by atoms with E-state index in [1.54, 1.807) is 0 Å². The SMILES string of the molecule is O=C(c1cc(C2CC2)[nH]c(=O)c1)N1CCN[C@@H](c2cccc(Cl)c2)C1. The number of pyridine rings is 1. The average molecular weight is 358 g/mol. The number of aromatic amines is 1. The lowest BCUT2D eigenvalue weighted by Crippen LogP contribution is -2.48. The molecule has 1 saturated heterocycles. The molecule has 0 unspecified atom stereocenters. The van der Waals surface area contributed by atoms with Crippen LogP contribution in [0.4, 0.5) is 0 Å². The zero-order chi connectivity index (χ0) is 17.4. The standard InChI is InChI=1S/C19H20ClN3O2/c20-15-3-1-2-13(8-15)17-11-23(7-6-21-17)19(25)14-9-16(12-4-5-12)22-18(24)10-14/h1-3,8-10,12,17,21H,4-7,11H2,(H,22,24)/t17-/m1/s1. The molecule has 130 valence electrons. The van der Waals surface area contributed by atoms with E-state index in [-0.39, 0.29) is 17.5 Å². The molecule has 6 heteroatoms. The van der Waals surface area contributed by atoms with Gasteiger partial charge in [-0.1, -0.05) is 23.7 Å². The Morgan fingerprint density at radius 3 is 2.80 bits per heavy atom. The van der Waals surface area contributed by atoms with Crippen molar-refractivity contribution in [3.63, 3.8) is 0 Å². The molecular weight excluding hydrogens is 338 g/mol. The minimum Gasteiger partial charge on any atom is -0.335 e. The lowest BCUT2D eigenvalue weighted by molar-refractivity contribution is 0.0702. The molecule has 2 fully saturated rings. The number of aromatic nitrogens is 1. The van der Waals surface area contributed by atoms with Crippen LogP contribution >= 0.6 is 11.6 Å². The van der Waals surface area contributed by atoms with Gasteiger partial charge in [0.25, 0.3) is 5.91 Å². The van der Waals surface area contributed by atoms with Crippen molar-refractivity contribution in [1.82, 2.24) is 15.2 Å². The van der Waals surface area contributed by atoms with Gasteiger partial charge in [0, 0.05) is 42.0 Å². The maximum atomic E-state index is 12.9. The van der Waals surface area contributed by atoms with Crippen LogP contribution in [0.1, 0.15) is 46.4 Å². The number of carbonyl (C=O) groups excluding carboxylic acids is 1. The van der Waals surface area contributed by atoms with Crippen LogP contribution in [0.25, 0.3) is 0 Å². The monoisotopic (exact) mass is 357 g/mol. The molecule has 1 saturated carbocycles. The molecule has 25 heavy (non-hydrogen) atoms. The fourth-order valence-corrected chi connectivity index (χ4v) is 3.56. The Morgan fingerprint density at radius 2 is 2.04 bits per heavy atom. The highest BCUT2D eigenvalue weighted by atomic mass is 35.5. The first-order chi connectivity index (χ1) is 12.1. The van der Waals surface area contributed by atoms with Crippen LogP contribution in [-0.2, 0) is 0 Å². The Bertz CT molecular complexity index is 860. The normalized spacial score (nSPS) is 20.5. The van der Waals surface area contributed by atoms with Crippen LogP contribution in [0.5, 0.6) is 0 Å². The Hall–Kier alpha value is -2.11. The van der Waals surface area contributed by atoms with Gasteiger partial charge in [-0.15, -0.1) is 0 Å². The van der Waals surface area contributed by atoms with Crippen molar-refractivity contribution in [2.24, 2.45) is 0 Å². The molecular formula is C19H20ClN3O2. The van der Waals surface area contributed by atoms with Gasteiger partial charge in [0.15, 0.2) is 0 Å². The van der Waals surface area contributed by atoms with Gasteiger partial charge in [-0.3, -0.25) is 9.59 Å².